The molecule has 0 spiro atoms. The molecule has 2 amide bonds. The lowest BCUT2D eigenvalue weighted by Gasteiger charge is -2.10. The lowest BCUT2D eigenvalue weighted by atomic mass is 10.2. The first-order valence-corrected chi connectivity index (χ1v) is 7.92. The van der Waals surface area contributed by atoms with Crippen molar-refractivity contribution in [2.24, 2.45) is 5.92 Å². The summed E-state index contributed by atoms with van der Waals surface area (Å²) in [5, 5.41) is 0. The number of amides is 2. The first-order chi connectivity index (χ1) is 11.0. The fraction of sp³-hybridized carbons (Fsp3) is 0.250. The smallest absolute Gasteiger partial charge is 0.286 e. The van der Waals surface area contributed by atoms with E-state index in [-0.39, 0.29) is 0 Å². The summed E-state index contributed by atoms with van der Waals surface area (Å²) in [4.78, 5) is 26.7. The van der Waals surface area contributed by atoms with E-state index in [1.165, 1.54) is 0 Å². The Morgan fingerprint density at radius 3 is 2.61 bits per heavy atom. The molecule has 0 aliphatic carbocycles. The third-order valence-corrected chi connectivity index (χ3v) is 3.32. The summed E-state index contributed by atoms with van der Waals surface area (Å²) in [6.45, 7) is 4.67. The van der Waals surface area contributed by atoms with Gasteiger partial charge in [0.25, 0.3) is 11.8 Å². The second-order valence-corrected chi connectivity index (χ2v) is 6.29. The number of nitrogens with one attached hydrogen (secondary N) is 3. The SMILES string of the molecule is CC(C)COc1cccc(C(=O)NNC(=O)c2cc(Br)c[nH]2)c1. The molecule has 6 nitrogen and oxygen atoms in total. The molecule has 2 rings (SSSR count). The normalized spacial score (nSPS) is 10.4. The van der Waals surface area contributed by atoms with E-state index in [1.54, 1.807) is 36.5 Å². The monoisotopic (exact) mass is 379 g/mol. The zero-order valence-corrected chi connectivity index (χ0v) is 14.4. The minimum atomic E-state index is -0.434. The van der Waals surface area contributed by atoms with Crippen LogP contribution in [0.2, 0.25) is 0 Å². The molecule has 0 saturated heterocycles. The van der Waals surface area contributed by atoms with Crippen LogP contribution in [-0.2, 0) is 0 Å². The van der Waals surface area contributed by atoms with Crippen LogP contribution in [0.5, 0.6) is 5.75 Å². The van der Waals surface area contributed by atoms with Gasteiger partial charge in [0, 0.05) is 16.2 Å². The molecule has 122 valence electrons. The van der Waals surface area contributed by atoms with Gasteiger partial charge >= 0.3 is 0 Å². The van der Waals surface area contributed by atoms with E-state index in [0.717, 1.165) is 4.47 Å². The van der Waals surface area contributed by atoms with Crippen LogP contribution in [-0.4, -0.2) is 23.4 Å². The van der Waals surface area contributed by atoms with Crippen LogP contribution in [0.4, 0.5) is 0 Å². The quantitative estimate of drug-likeness (QED) is 0.698. The lowest BCUT2D eigenvalue weighted by Crippen LogP contribution is -2.41. The highest BCUT2D eigenvalue weighted by Crippen LogP contribution is 2.14. The Kier molecular flexibility index (Phi) is 5.81. The van der Waals surface area contributed by atoms with Crippen molar-refractivity contribution < 1.29 is 14.3 Å². The molecule has 0 unspecified atom stereocenters. The molecule has 1 heterocycles. The van der Waals surface area contributed by atoms with Gasteiger partial charge in [-0.3, -0.25) is 20.4 Å². The van der Waals surface area contributed by atoms with E-state index in [9.17, 15) is 9.59 Å². The van der Waals surface area contributed by atoms with E-state index in [4.69, 9.17) is 4.74 Å². The third kappa shape index (κ3) is 5.14. The zero-order chi connectivity index (χ0) is 16.8. The Morgan fingerprint density at radius 2 is 1.96 bits per heavy atom. The van der Waals surface area contributed by atoms with Crippen LogP contribution in [0.25, 0.3) is 0 Å². The molecule has 0 fully saturated rings. The molecule has 1 aromatic carbocycles. The van der Waals surface area contributed by atoms with E-state index < -0.39 is 11.8 Å². The van der Waals surface area contributed by atoms with Gasteiger partial charge in [0.2, 0.25) is 0 Å². The largest absolute Gasteiger partial charge is 0.493 e. The summed E-state index contributed by atoms with van der Waals surface area (Å²) in [6.07, 6.45) is 1.63. The Morgan fingerprint density at radius 1 is 1.22 bits per heavy atom. The maximum absolute atomic E-state index is 12.1. The van der Waals surface area contributed by atoms with Gasteiger partial charge < -0.3 is 9.72 Å². The number of aromatic nitrogens is 1. The lowest BCUT2D eigenvalue weighted by molar-refractivity contribution is 0.0844. The first kappa shape index (κ1) is 17.1. The van der Waals surface area contributed by atoms with Gasteiger partial charge in [-0.15, -0.1) is 0 Å². The number of benzene rings is 1. The van der Waals surface area contributed by atoms with Crippen molar-refractivity contribution in [3.05, 3.63) is 52.3 Å². The van der Waals surface area contributed by atoms with Crippen molar-refractivity contribution in [3.63, 3.8) is 0 Å². The summed E-state index contributed by atoms with van der Waals surface area (Å²) < 4.78 is 6.33. The van der Waals surface area contributed by atoms with Gasteiger partial charge in [-0.25, -0.2) is 0 Å². The Bertz CT molecular complexity index is 697. The van der Waals surface area contributed by atoms with Crippen molar-refractivity contribution >= 4 is 27.7 Å². The van der Waals surface area contributed by atoms with Gasteiger partial charge in [0.05, 0.1) is 6.61 Å². The molecule has 7 heteroatoms. The summed E-state index contributed by atoms with van der Waals surface area (Å²) in [7, 11) is 0. The van der Waals surface area contributed by atoms with E-state index in [2.05, 4.69) is 31.8 Å². The van der Waals surface area contributed by atoms with Gasteiger partial charge in [0.15, 0.2) is 0 Å². The van der Waals surface area contributed by atoms with Crippen LogP contribution in [0, 0.1) is 5.92 Å². The molecule has 2 aromatic rings. The highest BCUT2D eigenvalue weighted by molar-refractivity contribution is 9.10. The molecule has 0 aliphatic heterocycles. The van der Waals surface area contributed by atoms with Gasteiger partial charge in [-0.1, -0.05) is 19.9 Å². The van der Waals surface area contributed by atoms with E-state index >= 15 is 0 Å². The van der Waals surface area contributed by atoms with E-state index in [1.807, 2.05) is 13.8 Å². The van der Waals surface area contributed by atoms with Crippen LogP contribution < -0.4 is 15.6 Å². The molecule has 3 N–H and O–H groups in total. The standard InChI is InChI=1S/C16H18BrN3O3/c1-10(2)9-23-13-5-3-4-11(6-13)15(21)19-20-16(22)14-7-12(17)8-18-14/h3-8,10,18H,9H2,1-2H3,(H,19,21)(H,20,22). The molecule has 23 heavy (non-hydrogen) atoms. The Labute approximate surface area is 142 Å². The average molecular weight is 380 g/mol. The molecule has 0 aliphatic rings. The molecular weight excluding hydrogens is 362 g/mol. The van der Waals surface area contributed by atoms with Crippen molar-refractivity contribution in [2.75, 3.05) is 6.61 Å². The van der Waals surface area contributed by atoms with Crippen LogP contribution in [0.15, 0.2) is 41.0 Å². The minimum Gasteiger partial charge on any atom is -0.493 e. The second kappa shape index (κ2) is 7.82. The second-order valence-electron chi connectivity index (χ2n) is 5.37. The highest BCUT2D eigenvalue weighted by atomic mass is 79.9. The van der Waals surface area contributed by atoms with E-state index in [0.29, 0.717) is 29.5 Å². The summed E-state index contributed by atoms with van der Waals surface area (Å²) in [6, 6.07) is 8.41. The van der Waals surface area contributed by atoms with Gasteiger partial charge in [-0.05, 0) is 46.1 Å². The molecule has 0 saturated carbocycles. The van der Waals surface area contributed by atoms with Crippen molar-refractivity contribution in [1.29, 1.82) is 0 Å². The number of hydrogen-bond donors (Lipinski definition) is 3. The highest BCUT2D eigenvalue weighted by Gasteiger charge is 2.11. The number of hydrazine groups is 1. The predicted molar refractivity (Wildman–Crippen MR) is 90.2 cm³/mol. The number of ether oxygens (including phenoxy) is 1. The van der Waals surface area contributed by atoms with Crippen LogP contribution in [0.1, 0.15) is 34.7 Å². The molecule has 0 bridgehead atoms. The maximum atomic E-state index is 12.1. The summed E-state index contributed by atoms with van der Waals surface area (Å²) >= 11 is 3.24. The fourth-order valence-electron chi connectivity index (χ4n) is 1.74. The minimum absolute atomic E-state index is 0.339. The fourth-order valence-corrected chi connectivity index (χ4v) is 2.09. The predicted octanol–water partition coefficient (Wildman–Crippen LogP) is 2.89. The number of H-pyrrole nitrogens is 1. The van der Waals surface area contributed by atoms with Gasteiger partial charge in [-0.2, -0.15) is 0 Å². The van der Waals surface area contributed by atoms with Crippen molar-refractivity contribution in [3.8, 4) is 5.75 Å². The van der Waals surface area contributed by atoms with Crippen molar-refractivity contribution in [1.82, 2.24) is 15.8 Å². The number of carbonyl (C=O) groups is 2. The Balaban J connectivity index is 1.92. The average Bonchev–Trinajstić information content (AvgIpc) is 2.97. The van der Waals surface area contributed by atoms with Crippen LogP contribution >= 0.6 is 15.9 Å². The topological polar surface area (TPSA) is 83.2 Å². The summed E-state index contributed by atoms with van der Waals surface area (Å²) in [5.41, 5.74) is 5.46. The maximum Gasteiger partial charge on any atom is 0.286 e. The number of carbonyl (C=O) groups excluding carboxylic acids is 2. The molecule has 0 atom stereocenters. The first-order valence-electron chi connectivity index (χ1n) is 7.13. The number of rotatable bonds is 5. The number of halogens is 1. The number of aromatic amines is 1. The molecule has 1 aromatic heterocycles. The molecule has 0 radical (unpaired) electrons. The zero-order valence-electron chi connectivity index (χ0n) is 12.9. The Hall–Kier alpha value is -2.28. The molecular formula is C16H18BrN3O3. The van der Waals surface area contributed by atoms with Crippen molar-refractivity contribution in [2.45, 2.75) is 13.8 Å². The number of hydrogen-bond acceptors (Lipinski definition) is 3. The third-order valence-electron chi connectivity index (χ3n) is 2.86. The summed E-state index contributed by atoms with van der Waals surface area (Å²) in [5.74, 6) is 0.160. The van der Waals surface area contributed by atoms with Crippen LogP contribution in [0.3, 0.4) is 0 Å². The van der Waals surface area contributed by atoms with Gasteiger partial charge in [0.1, 0.15) is 11.4 Å².